The van der Waals surface area contributed by atoms with E-state index in [2.05, 4.69) is 29.2 Å². The zero-order valence-corrected chi connectivity index (χ0v) is 21.1. The summed E-state index contributed by atoms with van der Waals surface area (Å²) in [6, 6.07) is 25.0. The maximum Gasteiger partial charge on any atom is 0.255 e. The highest BCUT2D eigenvalue weighted by Gasteiger charge is 2.24. The van der Waals surface area contributed by atoms with Gasteiger partial charge in [-0.3, -0.25) is 14.5 Å². The van der Waals surface area contributed by atoms with E-state index < -0.39 is 0 Å². The zero-order valence-electron chi connectivity index (χ0n) is 19.6. The van der Waals surface area contributed by atoms with Crippen molar-refractivity contribution in [3.05, 3.63) is 106 Å². The summed E-state index contributed by atoms with van der Waals surface area (Å²) < 4.78 is 0. The van der Waals surface area contributed by atoms with Crippen LogP contribution in [0.25, 0.3) is 0 Å². The van der Waals surface area contributed by atoms with Crippen molar-refractivity contribution in [1.82, 2.24) is 14.7 Å². The molecule has 0 saturated carbocycles. The second-order valence-corrected chi connectivity index (χ2v) is 9.57. The number of hydrogen-bond donors (Lipinski definition) is 0. The molecule has 2 amide bonds. The fraction of sp³-hybridized carbons (Fsp3) is 0.286. The predicted molar refractivity (Wildman–Crippen MR) is 141 cm³/mol. The first-order valence-electron chi connectivity index (χ1n) is 11.8. The number of carbonyl (C=O) groups is 2. The van der Waals surface area contributed by atoms with Crippen LogP contribution in [0.5, 0.6) is 0 Å². The van der Waals surface area contributed by atoms with Gasteiger partial charge < -0.3 is 9.80 Å². The van der Waals surface area contributed by atoms with Crippen LogP contribution in [0, 0.1) is 0 Å². The van der Waals surface area contributed by atoms with Gasteiger partial charge in [0.15, 0.2) is 0 Å². The lowest BCUT2D eigenvalue weighted by Crippen LogP contribution is -2.49. The lowest BCUT2D eigenvalue weighted by molar-refractivity contribution is -0.133. The van der Waals surface area contributed by atoms with E-state index in [0.717, 1.165) is 25.2 Å². The standard InChI is InChI=1S/C28H29Cl2N3O2/c29-24-11-12-25(26(30)19-24)28(35)33(21-23-9-5-2-6-10-23)14-13-27(34)32-17-15-31(16-18-32)20-22-7-3-1-4-8-22/h1-12,19H,13-18,20-21H2. The molecule has 182 valence electrons. The Kier molecular flexibility index (Phi) is 8.80. The first-order chi connectivity index (χ1) is 17.0. The molecule has 0 atom stereocenters. The fourth-order valence-electron chi connectivity index (χ4n) is 4.28. The van der Waals surface area contributed by atoms with E-state index in [1.807, 2.05) is 41.3 Å². The lowest BCUT2D eigenvalue weighted by atomic mass is 10.1. The molecule has 7 heteroatoms. The van der Waals surface area contributed by atoms with Gasteiger partial charge in [-0.2, -0.15) is 0 Å². The van der Waals surface area contributed by atoms with Crippen molar-refractivity contribution in [1.29, 1.82) is 0 Å². The smallest absolute Gasteiger partial charge is 0.255 e. The van der Waals surface area contributed by atoms with Gasteiger partial charge >= 0.3 is 0 Å². The molecule has 0 aromatic heterocycles. The molecule has 0 N–H and O–H groups in total. The molecule has 1 heterocycles. The quantitative estimate of drug-likeness (QED) is 0.409. The molecule has 0 unspecified atom stereocenters. The number of hydrogen-bond acceptors (Lipinski definition) is 3. The van der Waals surface area contributed by atoms with Gasteiger partial charge in [0.05, 0.1) is 10.6 Å². The maximum absolute atomic E-state index is 13.4. The van der Waals surface area contributed by atoms with Crippen LogP contribution < -0.4 is 0 Å². The molecule has 0 bridgehead atoms. The number of amides is 2. The van der Waals surface area contributed by atoms with Crippen molar-refractivity contribution in [2.24, 2.45) is 0 Å². The van der Waals surface area contributed by atoms with Crippen LogP contribution in [0.1, 0.15) is 27.9 Å². The van der Waals surface area contributed by atoms with Crippen LogP contribution in [0.2, 0.25) is 10.0 Å². The van der Waals surface area contributed by atoms with E-state index in [-0.39, 0.29) is 18.2 Å². The predicted octanol–water partition coefficient (Wildman–Crippen LogP) is 5.37. The minimum Gasteiger partial charge on any atom is -0.340 e. The summed E-state index contributed by atoms with van der Waals surface area (Å²) in [6.45, 7) is 4.68. The summed E-state index contributed by atoms with van der Waals surface area (Å²) in [5.41, 5.74) is 2.66. The van der Waals surface area contributed by atoms with Crippen LogP contribution in [0.3, 0.4) is 0 Å². The molecule has 0 aliphatic carbocycles. The maximum atomic E-state index is 13.4. The monoisotopic (exact) mass is 509 g/mol. The first kappa shape index (κ1) is 25.2. The summed E-state index contributed by atoms with van der Waals surface area (Å²) in [6.07, 6.45) is 0.266. The van der Waals surface area contributed by atoms with Crippen LogP contribution in [-0.2, 0) is 17.9 Å². The third kappa shape index (κ3) is 7.07. The molecule has 5 nitrogen and oxygen atoms in total. The van der Waals surface area contributed by atoms with Crippen molar-refractivity contribution in [3.8, 4) is 0 Å². The fourth-order valence-corrected chi connectivity index (χ4v) is 4.76. The number of benzene rings is 3. The molecule has 0 radical (unpaired) electrons. The number of nitrogens with zero attached hydrogens (tertiary/aromatic N) is 3. The Hall–Kier alpha value is -2.86. The van der Waals surface area contributed by atoms with Gasteiger partial charge in [-0.25, -0.2) is 0 Å². The number of rotatable bonds is 8. The molecule has 3 aromatic rings. The third-order valence-electron chi connectivity index (χ3n) is 6.23. The normalized spacial score (nSPS) is 14.1. The van der Waals surface area contributed by atoms with E-state index in [9.17, 15) is 9.59 Å². The topological polar surface area (TPSA) is 43.9 Å². The van der Waals surface area contributed by atoms with E-state index in [0.29, 0.717) is 41.8 Å². The average molecular weight is 510 g/mol. The molecule has 3 aromatic carbocycles. The molecule has 1 fully saturated rings. The lowest BCUT2D eigenvalue weighted by Gasteiger charge is -2.35. The average Bonchev–Trinajstić information content (AvgIpc) is 2.87. The van der Waals surface area contributed by atoms with Crippen LogP contribution in [0.15, 0.2) is 78.9 Å². The number of carbonyl (C=O) groups excluding carboxylic acids is 2. The molecule has 1 saturated heterocycles. The molecule has 35 heavy (non-hydrogen) atoms. The zero-order chi connectivity index (χ0) is 24.6. The number of piperazine rings is 1. The van der Waals surface area contributed by atoms with Gasteiger partial charge in [-0.05, 0) is 29.3 Å². The molecular formula is C28H29Cl2N3O2. The summed E-state index contributed by atoms with van der Waals surface area (Å²) in [5.74, 6) is -0.145. The van der Waals surface area contributed by atoms with Crippen molar-refractivity contribution in [3.63, 3.8) is 0 Å². The molecule has 1 aliphatic heterocycles. The van der Waals surface area contributed by atoms with E-state index in [4.69, 9.17) is 23.2 Å². The van der Waals surface area contributed by atoms with Crippen LogP contribution in [0.4, 0.5) is 0 Å². The molecule has 4 rings (SSSR count). The Balaban J connectivity index is 1.36. The minimum atomic E-state index is -0.212. The van der Waals surface area contributed by atoms with Gasteiger partial charge in [0, 0.05) is 57.3 Å². The largest absolute Gasteiger partial charge is 0.340 e. The van der Waals surface area contributed by atoms with Crippen LogP contribution in [-0.4, -0.2) is 59.2 Å². The summed E-state index contributed by atoms with van der Waals surface area (Å²) in [4.78, 5) is 32.3. The van der Waals surface area contributed by atoms with Crippen molar-refractivity contribution >= 4 is 35.0 Å². The van der Waals surface area contributed by atoms with Crippen molar-refractivity contribution in [2.45, 2.75) is 19.5 Å². The molecule has 0 spiro atoms. The van der Waals surface area contributed by atoms with Crippen molar-refractivity contribution in [2.75, 3.05) is 32.7 Å². The Morgan fingerprint density at radius 1 is 0.800 bits per heavy atom. The minimum absolute atomic E-state index is 0.0671. The van der Waals surface area contributed by atoms with Gasteiger partial charge in [0.2, 0.25) is 5.91 Å². The van der Waals surface area contributed by atoms with Gasteiger partial charge in [0.1, 0.15) is 0 Å². The summed E-state index contributed by atoms with van der Waals surface area (Å²) in [5, 5.41) is 0.782. The Labute approximate surface area is 216 Å². The number of halogens is 2. The van der Waals surface area contributed by atoms with Crippen LogP contribution >= 0.6 is 23.2 Å². The van der Waals surface area contributed by atoms with Crippen molar-refractivity contribution < 1.29 is 9.59 Å². The Morgan fingerprint density at radius 2 is 1.43 bits per heavy atom. The highest BCUT2D eigenvalue weighted by molar-refractivity contribution is 6.36. The second-order valence-electron chi connectivity index (χ2n) is 8.73. The van der Waals surface area contributed by atoms with Gasteiger partial charge in [-0.15, -0.1) is 0 Å². The van der Waals surface area contributed by atoms with Gasteiger partial charge in [-0.1, -0.05) is 83.9 Å². The highest BCUT2D eigenvalue weighted by Crippen LogP contribution is 2.23. The third-order valence-corrected chi connectivity index (χ3v) is 6.78. The van der Waals surface area contributed by atoms with E-state index in [1.165, 1.54) is 5.56 Å². The summed E-state index contributed by atoms with van der Waals surface area (Å²) >= 11 is 12.3. The summed E-state index contributed by atoms with van der Waals surface area (Å²) in [7, 11) is 0. The van der Waals surface area contributed by atoms with Gasteiger partial charge in [0.25, 0.3) is 5.91 Å². The Morgan fingerprint density at radius 3 is 2.06 bits per heavy atom. The highest BCUT2D eigenvalue weighted by atomic mass is 35.5. The molecular weight excluding hydrogens is 481 g/mol. The first-order valence-corrected chi connectivity index (χ1v) is 12.6. The second kappa shape index (κ2) is 12.2. The molecule has 1 aliphatic rings. The SMILES string of the molecule is O=C(CCN(Cc1ccccc1)C(=O)c1ccc(Cl)cc1Cl)N1CCN(Cc2ccccc2)CC1. The van der Waals surface area contributed by atoms with E-state index in [1.54, 1.807) is 23.1 Å². The Bertz CT molecular complexity index is 1130. The van der Waals surface area contributed by atoms with E-state index >= 15 is 0 Å².